The molecule has 0 bridgehead atoms. The largest absolute Gasteiger partial charge is 0.488 e. The molecule has 1 aliphatic rings. The lowest BCUT2D eigenvalue weighted by Gasteiger charge is -2.20. The number of carboxylic acids is 1. The van der Waals surface area contributed by atoms with Crippen LogP contribution in [0.5, 0.6) is 11.5 Å². The Kier molecular flexibility index (Phi) is 9.25. The van der Waals surface area contributed by atoms with Gasteiger partial charge >= 0.3 is 5.97 Å². The van der Waals surface area contributed by atoms with E-state index in [2.05, 4.69) is 10.3 Å². The normalized spacial score (nSPS) is 14.5. The van der Waals surface area contributed by atoms with Gasteiger partial charge in [0.25, 0.3) is 0 Å². The van der Waals surface area contributed by atoms with Crippen molar-refractivity contribution in [2.45, 2.75) is 44.6 Å². The minimum absolute atomic E-state index is 0.0137. The number of nitrogens with zero attached hydrogens (tertiary/aromatic N) is 2. The van der Waals surface area contributed by atoms with Gasteiger partial charge in [0.05, 0.1) is 18.6 Å². The van der Waals surface area contributed by atoms with Gasteiger partial charge < -0.3 is 25.0 Å². The molecule has 10 heteroatoms. The summed E-state index contributed by atoms with van der Waals surface area (Å²) >= 11 is 0. The highest BCUT2D eigenvalue weighted by atomic mass is 19.1. The van der Waals surface area contributed by atoms with Crippen LogP contribution in [0, 0.1) is 23.0 Å². The summed E-state index contributed by atoms with van der Waals surface area (Å²) in [5, 5.41) is 30.8. The second kappa shape index (κ2) is 13.4. The van der Waals surface area contributed by atoms with Crippen molar-refractivity contribution in [3.8, 4) is 28.7 Å². The highest BCUT2D eigenvalue weighted by Gasteiger charge is 2.28. The Bertz CT molecular complexity index is 1670. The van der Waals surface area contributed by atoms with Crippen molar-refractivity contribution in [1.29, 1.82) is 5.26 Å². The minimum Gasteiger partial charge on any atom is -0.488 e. The number of halogens is 2. The molecule has 0 spiro atoms. The number of aliphatic hydroxyl groups excluding tert-OH is 1. The first-order chi connectivity index (χ1) is 20.9. The van der Waals surface area contributed by atoms with E-state index in [1.807, 2.05) is 24.3 Å². The summed E-state index contributed by atoms with van der Waals surface area (Å²) in [6.45, 7) is -0.383. The van der Waals surface area contributed by atoms with Gasteiger partial charge in [-0.15, -0.1) is 0 Å². The standard InChI is InChI=1S/C33H29F2N3O5/c34-28-7-2-1-4-26(28)24-5-3-6-27-25(24)8-9-30(27)43-32-13-31(42-19-21-10-20(14-36)15-37-16-21)22(11-29(32)35)17-38-23(18-39)12-33(40)41/h1-7,10-11,13,15-16,23,30,38-39H,8-9,12,17-19H2,(H,40,41)/t23-,30?/m1/s1. The molecular formula is C33H29F2N3O5. The molecule has 3 N–H and O–H groups in total. The van der Waals surface area contributed by atoms with E-state index < -0.39 is 30.5 Å². The lowest BCUT2D eigenvalue weighted by Crippen LogP contribution is -2.34. The van der Waals surface area contributed by atoms with Crippen LogP contribution in [-0.2, 0) is 24.4 Å². The predicted molar refractivity (Wildman–Crippen MR) is 153 cm³/mol. The molecule has 2 atom stereocenters. The number of pyridine rings is 1. The lowest BCUT2D eigenvalue weighted by molar-refractivity contribution is -0.137. The monoisotopic (exact) mass is 585 g/mol. The minimum atomic E-state index is -1.09. The average Bonchev–Trinajstić information content (AvgIpc) is 3.42. The van der Waals surface area contributed by atoms with Crippen LogP contribution < -0.4 is 14.8 Å². The number of nitriles is 1. The number of benzene rings is 3. The van der Waals surface area contributed by atoms with E-state index in [1.165, 1.54) is 24.4 Å². The number of aliphatic hydroxyl groups is 1. The maximum absolute atomic E-state index is 15.5. The van der Waals surface area contributed by atoms with Gasteiger partial charge in [-0.3, -0.25) is 9.78 Å². The average molecular weight is 586 g/mol. The fourth-order valence-corrected chi connectivity index (χ4v) is 5.22. The Labute approximate surface area is 247 Å². The van der Waals surface area contributed by atoms with Crippen molar-refractivity contribution in [3.05, 3.63) is 113 Å². The Balaban J connectivity index is 1.42. The zero-order valence-electron chi connectivity index (χ0n) is 23.1. The molecule has 43 heavy (non-hydrogen) atoms. The molecule has 3 aromatic carbocycles. The van der Waals surface area contributed by atoms with E-state index in [0.717, 1.165) is 16.7 Å². The number of ether oxygens (including phenoxy) is 2. The van der Waals surface area contributed by atoms with Crippen molar-refractivity contribution in [2.24, 2.45) is 0 Å². The van der Waals surface area contributed by atoms with Gasteiger partial charge in [0.1, 0.15) is 30.3 Å². The van der Waals surface area contributed by atoms with Crippen LogP contribution >= 0.6 is 0 Å². The Hall–Kier alpha value is -4.85. The van der Waals surface area contributed by atoms with Crippen molar-refractivity contribution >= 4 is 5.97 Å². The molecule has 0 amide bonds. The summed E-state index contributed by atoms with van der Waals surface area (Å²) in [5.74, 6) is -1.81. The molecule has 0 radical (unpaired) electrons. The highest BCUT2D eigenvalue weighted by Crippen LogP contribution is 2.42. The molecule has 0 saturated carbocycles. The van der Waals surface area contributed by atoms with Crippen molar-refractivity contribution in [1.82, 2.24) is 10.3 Å². The third-order valence-corrected chi connectivity index (χ3v) is 7.30. The molecule has 1 unspecified atom stereocenters. The molecule has 0 aliphatic heterocycles. The number of carbonyl (C=O) groups is 1. The van der Waals surface area contributed by atoms with Crippen LogP contribution in [0.3, 0.4) is 0 Å². The zero-order chi connectivity index (χ0) is 30.3. The van der Waals surface area contributed by atoms with Crippen molar-refractivity contribution < 1.29 is 33.3 Å². The van der Waals surface area contributed by atoms with Crippen LogP contribution in [0.15, 0.2) is 73.1 Å². The fourth-order valence-electron chi connectivity index (χ4n) is 5.22. The van der Waals surface area contributed by atoms with E-state index in [1.54, 1.807) is 30.5 Å². The maximum atomic E-state index is 15.5. The van der Waals surface area contributed by atoms with Crippen LogP contribution in [0.25, 0.3) is 11.1 Å². The zero-order valence-corrected chi connectivity index (χ0v) is 23.1. The summed E-state index contributed by atoms with van der Waals surface area (Å²) < 4.78 is 42.3. The molecular weight excluding hydrogens is 556 g/mol. The van der Waals surface area contributed by atoms with E-state index in [0.29, 0.717) is 35.1 Å². The Morgan fingerprint density at radius 3 is 2.65 bits per heavy atom. The molecule has 1 aromatic heterocycles. The van der Waals surface area contributed by atoms with Gasteiger partial charge in [0.15, 0.2) is 11.6 Å². The molecule has 4 aromatic rings. The molecule has 8 nitrogen and oxygen atoms in total. The fraction of sp³-hybridized carbons (Fsp3) is 0.242. The molecule has 220 valence electrons. The number of fused-ring (bicyclic) bond motifs is 1. The molecule has 0 fully saturated rings. The smallest absolute Gasteiger partial charge is 0.305 e. The van der Waals surface area contributed by atoms with Gasteiger partial charge in [-0.25, -0.2) is 8.78 Å². The summed E-state index contributed by atoms with van der Waals surface area (Å²) in [6, 6.07) is 17.8. The quantitative estimate of drug-likeness (QED) is 0.200. The summed E-state index contributed by atoms with van der Waals surface area (Å²) in [7, 11) is 0. The first kappa shape index (κ1) is 29.6. The van der Waals surface area contributed by atoms with E-state index >= 15 is 4.39 Å². The number of hydrogen-bond donors (Lipinski definition) is 3. The molecule has 1 heterocycles. The third-order valence-electron chi connectivity index (χ3n) is 7.30. The van der Waals surface area contributed by atoms with E-state index in [9.17, 15) is 19.6 Å². The van der Waals surface area contributed by atoms with E-state index in [4.69, 9.17) is 14.6 Å². The van der Waals surface area contributed by atoms with Crippen LogP contribution in [0.1, 0.15) is 46.8 Å². The van der Waals surface area contributed by atoms with Crippen LogP contribution in [0.2, 0.25) is 0 Å². The Morgan fingerprint density at radius 2 is 1.88 bits per heavy atom. The second-order valence-corrected chi connectivity index (χ2v) is 10.2. The number of aromatic nitrogens is 1. The van der Waals surface area contributed by atoms with Gasteiger partial charge in [-0.1, -0.05) is 36.4 Å². The van der Waals surface area contributed by atoms with Crippen LogP contribution in [-0.4, -0.2) is 33.8 Å². The summed E-state index contributed by atoms with van der Waals surface area (Å²) in [4.78, 5) is 15.2. The number of aliphatic carboxylic acids is 1. The van der Waals surface area contributed by atoms with Gasteiger partial charge in [-0.2, -0.15) is 5.26 Å². The molecule has 0 saturated heterocycles. The second-order valence-electron chi connectivity index (χ2n) is 10.2. The summed E-state index contributed by atoms with van der Waals surface area (Å²) in [5.41, 5.74) is 4.44. The molecule has 1 aliphatic carbocycles. The Morgan fingerprint density at radius 1 is 1.07 bits per heavy atom. The van der Waals surface area contributed by atoms with Gasteiger partial charge in [0.2, 0.25) is 0 Å². The predicted octanol–water partition coefficient (Wildman–Crippen LogP) is 5.47. The number of rotatable bonds is 12. The number of hydrogen-bond acceptors (Lipinski definition) is 7. The van der Waals surface area contributed by atoms with Crippen molar-refractivity contribution in [3.63, 3.8) is 0 Å². The first-order valence-electron chi connectivity index (χ1n) is 13.7. The van der Waals surface area contributed by atoms with E-state index in [-0.39, 0.29) is 36.9 Å². The number of carboxylic acid groups (broad SMARTS) is 1. The van der Waals surface area contributed by atoms with Gasteiger partial charge in [-0.05, 0) is 47.7 Å². The topological polar surface area (TPSA) is 125 Å². The SMILES string of the molecule is N#Cc1cncc(COc2cc(OC3CCc4c(-c5ccccc5F)cccc43)c(F)cc2CN[C@@H](CO)CC(=O)O)c1. The molecule has 5 rings (SSSR count). The summed E-state index contributed by atoms with van der Waals surface area (Å²) in [6.07, 6.45) is 3.39. The highest BCUT2D eigenvalue weighted by molar-refractivity contribution is 5.70. The van der Waals surface area contributed by atoms with Crippen LogP contribution in [0.4, 0.5) is 8.78 Å². The maximum Gasteiger partial charge on any atom is 0.305 e. The first-order valence-corrected chi connectivity index (χ1v) is 13.7. The van der Waals surface area contributed by atoms with Gasteiger partial charge in [0, 0.05) is 47.7 Å². The van der Waals surface area contributed by atoms with Crippen molar-refractivity contribution in [2.75, 3.05) is 6.61 Å². The lowest BCUT2D eigenvalue weighted by atomic mass is 9.96. The number of nitrogens with one attached hydrogen (secondary N) is 1. The third kappa shape index (κ3) is 6.97.